The Kier molecular flexibility index (Phi) is 11.9. The summed E-state index contributed by atoms with van der Waals surface area (Å²) < 4.78 is 54.8. The lowest BCUT2D eigenvalue weighted by molar-refractivity contribution is -0.137. The molecule has 7 nitrogen and oxygen atoms in total. The molecular weight excluding hydrogens is 1080 g/mol. The molecule has 0 amide bonds. The average molecular weight is 1130 g/mol. The number of nitrogens with zero attached hydrogens (tertiary/aromatic N) is 7. The molecule has 0 atom stereocenters. The predicted octanol–water partition coefficient (Wildman–Crippen LogP) is 20.7. The third-order valence-electron chi connectivity index (χ3n) is 16.8. The van der Waals surface area contributed by atoms with Crippen LogP contribution in [0.25, 0.3) is 155 Å². The van der Waals surface area contributed by atoms with E-state index in [0.717, 1.165) is 82.3 Å². The highest BCUT2D eigenvalue weighted by molar-refractivity contribution is 6.13. The van der Waals surface area contributed by atoms with E-state index in [0.29, 0.717) is 56.0 Å². The number of aromatic nitrogens is 6. The Labute approximate surface area is 497 Å². The molecule has 0 unspecified atom stereocenters. The lowest BCUT2D eigenvalue weighted by atomic mass is 9.93. The van der Waals surface area contributed by atoms with Gasteiger partial charge in [0.15, 0.2) is 23.2 Å². The van der Waals surface area contributed by atoms with E-state index in [1.807, 2.05) is 176 Å². The molecule has 0 fully saturated rings. The van der Waals surface area contributed by atoms with Gasteiger partial charge in [0.2, 0.25) is 0 Å². The van der Waals surface area contributed by atoms with Crippen molar-refractivity contribution < 1.29 is 13.2 Å². The molecule has 0 aliphatic heterocycles. The maximum absolute atomic E-state index is 16.2. The first-order valence-corrected chi connectivity index (χ1v) is 28.6. The summed E-state index contributed by atoms with van der Waals surface area (Å²) in [6, 6.07) is 90.8. The molecule has 0 aliphatic rings. The van der Waals surface area contributed by atoms with Gasteiger partial charge >= 0.3 is 6.18 Å². The van der Waals surface area contributed by atoms with Crippen LogP contribution in [-0.2, 0) is 6.18 Å². The summed E-state index contributed by atoms with van der Waals surface area (Å²) in [6.45, 7) is 8.40. The first kappa shape index (κ1) is 51.0. The van der Waals surface area contributed by atoms with Crippen molar-refractivity contribution in [1.82, 2.24) is 28.7 Å². The van der Waals surface area contributed by atoms with Crippen molar-refractivity contribution in [3.8, 4) is 84.6 Å². The highest BCUT2D eigenvalue weighted by Gasteiger charge is 2.37. The van der Waals surface area contributed by atoms with Crippen LogP contribution >= 0.6 is 0 Å². The molecule has 4 aromatic heterocycles. The van der Waals surface area contributed by atoms with Crippen LogP contribution in [0.4, 0.5) is 18.9 Å². The molecule has 0 aliphatic carbocycles. The first-order chi connectivity index (χ1) is 42.8. The van der Waals surface area contributed by atoms with Crippen LogP contribution in [0, 0.1) is 6.57 Å². The molecule has 87 heavy (non-hydrogen) atoms. The highest BCUT2D eigenvalue weighted by Crippen LogP contribution is 2.47. The molecule has 16 rings (SSSR count). The summed E-state index contributed by atoms with van der Waals surface area (Å²) in [5, 5.41) is 5.76. The van der Waals surface area contributed by atoms with Gasteiger partial charge in [-0.25, -0.2) is 19.8 Å². The van der Waals surface area contributed by atoms with E-state index in [1.165, 1.54) is 12.1 Å². The van der Waals surface area contributed by atoms with Gasteiger partial charge in [-0.2, -0.15) is 13.2 Å². The second-order valence-electron chi connectivity index (χ2n) is 21.7. The fourth-order valence-corrected chi connectivity index (χ4v) is 12.9. The van der Waals surface area contributed by atoms with Crippen LogP contribution in [0.5, 0.6) is 0 Å². The highest BCUT2D eigenvalue weighted by atomic mass is 19.4. The third kappa shape index (κ3) is 8.47. The van der Waals surface area contributed by atoms with E-state index in [-0.39, 0.29) is 17.3 Å². The van der Waals surface area contributed by atoms with E-state index in [4.69, 9.17) is 21.5 Å². The van der Waals surface area contributed by atoms with Crippen LogP contribution in [0.2, 0.25) is 0 Å². The number of alkyl halides is 3. The van der Waals surface area contributed by atoms with Gasteiger partial charge in [-0.05, 0) is 113 Å². The Morgan fingerprint density at radius 1 is 0.310 bits per heavy atom. The topological polar surface area (TPSA) is 57.8 Å². The van der Waals surface area contributed by atoms with Crippen LogP contribution in [0.3, 0.4) is 0 Å². The smallest absolute Gasteiger partial charge is 0.309 e. The Morgan fingerprint density at radius 2 is 0.770 bits per heavy atom. The van der Waals surface area contributed by atoms with E-state index < -0.39 is 11.7 Å². The van der Waals surface area contributed by atoms with Crippen molar-refractivity contribution in [3.05, 3.63) is 296 Å². The molecule has 4 heterocycles. The summed E-state index contributed by atoms with van der Waals surface area (Å²) in [4.78, 5) is 20.1. The minimum atomic E-state index is -4.79. The van der Waals surface area contributed by atoms with Gasteiger partial charge < -0.3 is 13.7 Å². The second-order valence-corrected chi connectivity index (χ2v) is 21.7. The van der Waals surface area contributed by atoms with E-state index in [2.05, 4.69) is 98.9 Å². The van der Waals surface area contributed by atoms with Gasteiger partial charge in [-0.1, -0.05) is 194 Å². The summed E-state index contributed by atoms with van der Waals surface area (Å²) in [7, 11) is 0. The molecule has 16 aromatic rings. The van der Waals surface area contributed by atoms with Gasteiger partial charge in [0.25, 0.3) is 0 Å². The van der Waals surface area contributed by atoms with Crippen LogP contribution in [0.15, 0.2) is 279 Å². The molecule has 12 aromatic carbocycles. The molecule has 0 saturated heterocycles. The zero-order valence-electron chi connectivity index (χ0n) is 46.3. The monoisotopic (exact) mass is 1130 g/mol. The van der Waals surface area contributed by atoms with Gasteiger partial charge in [0.1, 0.15) is 0 Å². The quantitative estimate of drug-likeness (QED) is 0.135. The molecule has 0 spiro atoms. The molecule has 0 bridgehead atoms. The van der Waals surface area contributed by atoms with Crippen molar-refractivity contribution >= 4 is 71.1 Å². The minimum absolute atomic E-state index is 0.0372. The SMILES string of the molecule is [C-]#[N+]c1ccc(-n2c3ccc(-c4ccccc4)cc3c3cc(-c4ccccc4)ccc32)c(-c2nc(-c3ccccc3)nc(-c3ccc(-n4c5ccccc5c5ccccc54)cc3-c3cccc(C(F)(F)F)c3-n3c4ccccc4c4ccccc43)n2)c1. The minimum Gasteiger partial charge on any atom is -0.309 e. The fraction of sp³-hybridized carbons (Fsp3) is 0.0130. The molecule has 0 N–H and O–H groups in total. The second kappa shape index (κ2) is 20.3. The zero-order chi connectivity index (χ0) is 58.3. The Bertz CT molecular complexity index is 5260. The van der Waals surface area contributed by atoms with Crippen LogP contribution < -0.4 is 0 Å². The number of hydrogen-bond donors (Lipinski definition) is 0. The Morgan fingerprint density at radius 3 is 1.29 bits per heavy atom. The molecular formula is C77H46F3N7. The number of fused-ring (bicyclic) bond motifs is 9. The third-order valence-corrected chi connectivity index (χ3v) is 16.8. The number of benzene rings is 12. The number of hydrogen-bond acceptors (Lipinski definition) is 3. The normalized spacial score (nSPS) is 11.8. The number of rotatable bonds is 9. The van der Waals surface area contributed by atoms with E-state index >= 15 is 13.2 Å². The summed E-state index contributed by atoms with van der Waals surface area (Å²) in [6.07, 6.45) is -4.79. The Hall–Kier alpha value is -11.7. The number of halogens is 3. The lowest BCUT2D eigenvalue weighted by Crippen LogP contribution is -2.12. The lowest BCUT2D eigenvalue weighted by Gasteiger charge is -2.22. The fourth-order valence-electron chi connectivity index (χ4n) is 12.9. The maximum atomic E-state index is 16.2. The molecule has 0 radical (unpaired) electrons. The van der Waals surface area contributed by atoms with Gasteiger partial charge in [0.05, 0.1) is 56.6 Å². The first-order valence-electron chi connectivity index (χ1n) is 28.6. The van der Waals surface area contributed by atoms with Gasteiger partial charge in [-0.15, -0.1) is 0 Å². The molecule has 0 saturated carbocycles. The summed E-state index contributed by atoms with van der Waals surface area (Å²) in [5.41, 5.74) is 12.7. The van der Waals surface area contributed by atoms with Crippen molar-refractivity contribution in [3.63, 3.8) is 0 Å². The average Bonchev–Trinajstić information content (AvgIpc) is 1.87. The van der Waals surface area contributed by atoms with Gasteiger partial charge in [-0.3, -0.25) is 0 Å². The van der Waals surface area contributed by atoms with E-state index in [1.54, 1.807) is 10.6 Å². The van der Waals surface area contributed by atoms with E-state index in [9.17, 15) is 0 Å². The standard InChI is InChI=1S/C77H46F3N7/c1-81-53-38-43-72(86-70-41-36-51(48-20-5-2-6-21-48)44-62(70)63-45-52(37-42-71(63)86)49-22-7-3-8-23-49)64(46-53)76-83-74(50-24-9-4-10-25-50)82-75(84-76)60-40-39-54(85-66-32-15-11-26-55(66)56-27-12-16-33-67(56)85)47-61(60)59-30-19-31-65(77(78,79)80)73(59)87-68-34-17-13-28-57(68)58-29-14-18-35-69(58)87/h2-47H. The summed E-state index contributed by atoms with van der Waals surface area (Å²) >= 11 is 0. The molecule has 10 heteroatoms. The Balaban J connectivity index is 0.995. The number of para-hydroxylation sites is 5. The molecule has 410 valence electrons. The van der Waals surface area contributed by atoms with Crippen LogP contribution in [-0.4, -0.2) is 28.7 Å². The summed E-state index contributed by atoms with van der Waals surface area (Å²) in [5.74, 6) is 0.816. The maximum Gasteiger partial charge on any atom is 0.418 e. The van der Waals surface area contributed by atoms with Crippen molar-refractivity contribution in [2.75, 3.05) is 0 Å². The zero-order valence-corrected chi connectivity index (χ0v) is 46.3. The predicted molar refractivity (Wildman–Crippen MR) is 347 cm³/mol. The van der Waals surface area contributed by atoms with Crippen LogP contribution in [0.1, 0.15) is 5.56 Å². The largest absolute Gasteiger partial charge is 0.418 e. The van der Waals surface area contributed by atoms with Gasteiger partial charge in [0, 0.05) is 60.3 Å². The van der Waals surface area contributed by atoms with Crippen molar-refractivity contribution in [2.45, 2.75) is 6.18 Å². The van der Waals surface area contributed by atoms with Crippen molar-refractivity contribution in [2.24, 2.45) is 0 Å². The van der Waals surface area contributed by atoms with Crippen molar-refractivity contribution in [1.29, 1.82) is 0 Å².